The van der Waals surface area contributed by atoms with E-state index in [1.807, 2.05) is 6.92 Å². The van der Waals surface area contributed by atoms with Crippen LogP contribution < -0.4 is 0 Å². The lowest BCUT2D eigenvalue weighted by molar-refractivity contribution is -0.139. The molecule has 0 radical (unpaired) electrons. The van der Waals surface area contributed by atoms with Crippen molar-refractivity contribution in [3.8, 4) is 0 Å². The van der Waals surface area contributed by atoms with Crippen LogP contribution in [0.2, 0.25) is 0 Å². The van der Waals surface area contributed by atoms with Gasteiger partial charge in [0.2, 0.25) is 0 Å². The molecule has 7 heteroatoms. The number of hydrogen-bond acceptors (Lipinski definition) is 7. The molecule has 0 amide bonds. The molecular formula is C37H68O7. The van der Waals surface area contributed by atoms with Gasteiger partial charge in [0, 0.05) is 12.0 Å². The standard InChI is InChI=1S/C37H68O7/c1-3-4-5-6-7-8-9-13-16-19-22-33(40)35-25-26-36(44-35)34(41)24-23-31(38)20-17-14-11-10-12-15-18-21-32(39)28-30-27-29(2)43-37(30)42/h27,29,31-36,38-41H,3-26,28H2,1-2H3/t29-,31-,32+,33-,34+,35+,36-/m0/s1. The summed E-state index contributed by atoms with van der Waals surface area (Å²) in [5.41, 5.74) is 0.604. The number of esters is 1. The maximum Gasteiger partial charge on any atom is 0.334 e. The third kappa shape index (κ3) is 17.6. The van der Waals surface area contributed by atoms with Crippen molar-refractivity contribution in [1.29, 1.82) is 0 Å². The molecule has 0 saturated carbocycles. The van der Waals surface area contributed by atoms with E-state index in [1.165, 1.54) is 57.8 Å². The molecule has 0 aliphatic carbocycles. The minimum atomic E-state index is -0.579. The highest BCUT2D eigenvalue weighted by atomic mass is 16.5. The molecule has 1 saturated heterocycles. The molecule has 44 heavy (non-hydrogen) atoms. The number of carbonyl (C=O) groups excluding carboxylic acids is 1. The fraction of sp³-hybridized carbons (Fsp3) is 0.919. The van der Waals surface area contributed by atoms with E-state index in [0.29, 0.717) is 31.3 Å². The fourth-order valence-corrected chi connectivity index (χ4v) is 6.76. The normalized spacial score (nSPS) is 23.0. The van der Waals surface area contributed by atoms with Gasteiger partial charge in [0.15, 0.2) is 0 Å². The summed E-state index contributed by atoms with van der Waals surface area (Å²) in [6.45, 7) is 4.09. The van der Waals surface area contributed by atoms with Gasteiger partial charge in [-0.25, -0.2) is 4.79 Å². The summed E-state index contributed by atoms with van der Waals surface area (Å²) in [5, 5.41) is 41.8. The van der Waals surface area contributed by atoms with E-state index in [2.05, 4.69) is 6.92 Å². The third-order valence-electron chi connectivity index (χ3n) is 9.61. The van der Waals surface area contributed by atoms with Crippen LogP contribution in [0.15, 0.2) is 11.6 Å². The van der Waals surface area contributed by atoms with Crippen LogP contribution in [-0.2, 0) is 14.3 Å². The number of aliphatic hydroxyl groups excluding tert-OH is 4. The zero-order valence-electron chi connectivity index (χ0n) is 28.3. The molecule has 0 aromatic heterocycles. The van der Waals surface area contributed by atoms with E-state index in [-0.39, 0.29) is 30.4 Å². The molecule has 0 unspecified atom stereocenters. The molecule has 258 valence electrons. The second kappa shape index (κ2) is 24.2. The minimum absolute atomic E-state index is 0.164. The number of carbonyl (C=O) groups is 1. The van der Waals surface area contributed by atoms with Gasteiger partial charge in [0.1, 0.15) is 6.10 Å². The molecule has 0 bridgehead atoms. The Labute approximate surface area is 269 Å². The van der Waals surface area contributed by atoms with Crippen molar-refractivity contribution < 1.29 is 34.7 Å². The second-order valence-corrected chi connectivity index (χ2v) is 13.8. The highest BCUT2D eigenvalue weighted by Gasteiger charge is 2.34. The molecule has 0 aromatic carbocycles. The third-order valence-corrected chi connectivity index (χ3v) is 9.61. The van der Waals surface area contributed by atoms with Gasteiger partial charge in [-0.3, -0.25) is 0 Å². The SMILES string of the molecule is CCCCCCCCCCCC[C@H](O)[C@H]1CC[C@@H]([C@H](O)CC[C@@H](O)CCCCCCCCC[C@@H](O)CC2=C[C@H](C)OC2=O)O1. The number of cyclic esters (lactones) is 1. The van der Waals surface area contributed by atoms with Crippen LogP contribution in [0.3, 0.4) is 0 Å². The first-order valence-electron chi connectivity index (χ1n) is 18.6. The van der Waals surface area contributed by atoms with Crippen molar-refractivity contribution in [2.75, 3.05) is 0 Å². The van der Waals surface area contributed by atoms with Gasteiger partial charge >= 0.3 is 5.97 Å². The average Bonchev–Trinajstić information content (AvgIpc) is 3.62. The molecule has 7 atom stereocenters. The Balaban J connectivity index is 1.39. The summed E-state index contributed by atoms with van der Waals surface area (Å²) in [5.74, 6) is -0.292. The smallest absolute Gasteiger partial charge is 0.334 e. The molecule has 2 heterocycles. The van der Waals surface area contributed by atoms with Crippen molar-refractivity contribution in [2.24, 2.45) is 0 Å². The Bertz CT molecular complexity index is 756. The van der Waals surface area contributed by atoms with Crippen LogP contribution in [0, 0.1) is 0 Å². The molecule has 1 fully saturated rings. The predicted octanol–water partition coefficient (Wildman–Crippen LogP) is 7.84. The van der Waals surface area contributed by atoms with E-state index in [4.69, 9.17) is 9.47 Å². The number of hydrogen-bond donors (Lipinski definition) is 4. The van der Waals surface area contributed by atoms with Gasteiger partial charge in [-0.1, -0.05) is 116 Å². The summed E-state index contributed by atoms with van der Waals surface area (Å²) in [6.07, 6.45) is 25.1. The maximum absolute atomic E-state index is 11.6. The lowest BCUT2D eigenvalue weighted by Crippen LogP contribution is -2.31. The largest absolute Gasteiger partial charge is 0.455 e. The molecule has 0 aromatic rings. The zero-order valence-corrected chi connectivity index (χ0v) is 28.3. The number of unbranched alkanes of at least 4 members (excludes halogenated alkanes) is 15. The van der Waals surface area contributed by atoms with Crippen LogP contribution in [0.25, 0.3) is 0 Å². The lowest BCUT2D eigenvalue weighted by atomic mass is 9.99. The van der Waals surface area contributed by atoms with Gasteiger partial charge in [-0.05, 0) is 57.9 Å². The summed E-state index contributed by atoms with van der Waals surface area (Å²) in [4.78, 5) is 11.6. The molecule has 0 spiro atoms. The van der Waals surface area contributed by atoms with Crippen molar-refractivity contribution in [2.45, 2.75) is 217 Å². The quantitative estimate of drug-likeness (QED) is 0.0518. The van der Waals surface area contributed by atoms with E-state index in [0.717, 1.165) is 77.0 Å². The van der Waals surface area contributed by atoms with E-state index >= 15 is 0 Å². The van der Waals surface area contributed by atoms with Crippen LogP contribution in [0.5, 0.6) is 0 Å². The number of aliphatic hydroxyl groups is 4. The molecular weight excluding hydrogens is 556 g/mol. The molecule has 2 aliphatic heterocycles. The first-order chi connectivity index (χ1) is 21.3. The van der Waals surface area contributed by atoms with Gasteiger partial charge in [-0.15, -0.1) is 0 Å². The van der Waals surface area contributed by atoms with Crippen LogP contribution in [-0.4, -0.2) is 69.1 Å². The minimum Gasteiger partial charge on any atom is -0.455 e. The monoisotopic (exact) mass is 624 g/mol. The lowest BCUT2D eigenvalue weighted by Gasteiger charge is -2.23. The number of rotatable bonds is 28. The summed E-state index contributed by atoms with van der Waals surface area (Å²) in [7, 11) is 0. The van der Waals surface area contributed by atoms with Crippen molar-refractivity contribution in [1.82, 2.24) is 0 Å². The van der Waals surface area contributed by atoms with Gasteiger partial charge < -0.3 is 29.9 Å². The Morgan fingerprint density at radius 3 is 1.59 bits per heavy atom. The van der Waals surface area contributed by atoms with Gasteiger partial charge in [-0.2, -0.15) is 0 Å². The maximum atomic E-state index is 11.6. The first-order valence-corrected chi connectivity index (χ1v) is 18.6. The Kier molecular flexibility index (Phi) is 21.6. The summed E-state index contributed by atoms with van der Waals surface area (Å²) >= 11 is 0. The summed E-state index contributed by atoms with van der Waals surface area (Å²) < 4.78 is 11.1. The first kappa shape index (κ1) is 39.2. The van der Waals surface area contributed by atoms with Crippen LogP contribution in [0.4, 0.5) is 0 Å². The fourth-order valence-electron chi connectivity index (χ4n) is 6.76. The van der Waals surface area contributed by atoms with E-state index in [1.54, 1.807) is 6.08 Å². The van der Waals surface area contributed by atoms with E-state index < -0.39 is 18.3 Å². The molecule has 4 N–H and O–H groups in total. The Morgan fingerprint density at radius 1 is 0.636 bits per heavy atom. The van der Waals surface area contributed by atoms with Crippen molar-refractivity contribution >= 4 is 5.97 Å². The van der Waals surface area contributed by atoms with Crippen molar-refractivity contribution in [3.05, 3.63) is 11.6 Å². The van der Waals surface area contributed by atoms with Gasteiger partial charge in [0.05, 0.1) is 36.6 Å². The topological polar surface area (TPSA) is 116 Å². The Hall–Kier alpha value is -0.990. The van der Waals surface area contributed by atoms with E-state index in [9.17, 15) is 25.2 Å². The van der Waals surface area contributed by atoms with Crippen LogP contribution in [0.1, 0.15) is 174 Å². The highest BCUT2D eigenvalue weighted by molar-refractivity contribution is 5.90. The second-order valence-electron chi connectivity index (χ2n) is 13.8. The molecule has 7 nitrogen and oxygen atoms in total. The van der Waals surface area contributed by atoms with Crippen molar-refractivity contribution in [3.63, 3.8) is 0 Å². The number of ether oxygens (including phenoxy) is 2. The zero-order chi connectivity index (χ0) is 32.0. The predicted molar refractivity (Wildman–Crippen MR) is 177 cm³/mol. The Morgan fingerprint density at radius 2 is 1.09 bits per heavy atom. The molecule has 2 rings (SSSR count). The average molecular weight is 625 g/mol. The summed E-state index contributed by atoms with van der Waals surface area (Å²) in [6, 6.07) is 0. The van der Waals surface area contributed by atoms with Crippen LogP contribution >= 0.6 is 0 Å². The van der Waals surface area contributed by atoms with Gasteiger partial charge in [0.25, 0.3) is 0 Å². The molecule has 2 aliphatic rings. The highest BCUT2D eigenvalue weighted by Crippen LogP contribution is 2.28.